The predicted octanol–water partition coefficient (Wildman–Crippen LogP) is 3.59. The van der Waals surface area contributed by atoms with Gasteiger partial charge in [-0.2, -0.15) is 0 Å². The molecule has 7 nitrogen and oxygen atoms in total. The average molecular weight is 450 g/mol. The summed E-state index contributed by atoms with van der Waals surface area (Å²) >= 11 is 6.07. The second-order valence-corrected chi connectivity index (χ2v) is 9.59. The Balaban J connectivity index is 1.12. The molecule has 0 radical (unpaired) electrons. The first-order chi connectivity index (χ1) is 15.5. The molecule has 2 fully saturated rings. The Morgan fingerprint density at radius 3 is 2.69 bits per heavy atom. The molecule has 2 aromatic carbocycles. The lowest BCUT2D eigenvalue weighted by Crippen LogP contribution is -2.59. The number of carbonyl (C=O) groups is 1. The predicted molar refractivity (Wildman–Crippen MR) is 123 cm³/mol. The topological polar surface area (TPSA) is 79.4 Å². The molecule has 3 aliphatic heterocycles. The summed E-state index contributed by atoms with van der Waals surface area (Å²) in [6.07, 6.45) is 6.08. The number of rotatable bonds is 2. The van der Waals surface area contributed by atoms with Crippen molar-refractivity contribution in [3.05, 3.63) is 64.9 Å². The Morgan fingerprint density at radius 2 is 1.84 bits per heavy atom. The van der Waals surface area contributed by atoms with E-state index in [9.17, 15) is 4.79 Å². The highest BCUT2D eigenvalue weighted by molar-refractivity contribution is 6.31. The average Bonchev–Trinajstić information content (AvgIpc) is 3.13. The number of anilines is 1. The van der Waals surface area contributed by atoms with Crippen molar-refractivity contribution in [2.75, 3.05) is 25.0 Å². The van der Waals surface area contributed by atoms with Gasteiger partial charge < -0.3 is 15.4 Å². The molecule has 1 atom stereocenters. The molecule has 32 heavy (non-hydrogen) atoms. The number of hydrogen-bond acceptors (Lipinski definition) is 6. The quantitative estimate of drug-likeness (QED) is 0.622. The Kier molecular flexibility index (Phi) is 4.61. The molecule has 0 aliphatic carbocycles. The maximum absolute atomic E-state index is 12.7. The Labute approximate surface area is 191 Å². The highest BCUT2D eigenvalue weighted by atomic mass is 35.5. The number of aromatic nitrogens is 2. The van der Waals surface area contributed by atoms with Gasteiger partial charge in [0.05, 0.1) is 28.8 Å². The summed E-state index contributed by atoms with van der Waals surface area (Å²) < 4.78 is 6.37. The summed E-state index contributed by atoms with van der Waals surface area (Å²) in [7, 11) is 0. The molecule has 2 spiro atoms. The molecular formula is C24H24ClN5O2. The van der Waals surface area contributed by atoms with Crippen LogP contribution in [0.1, 0.15) is 35.2 Å². The van der Waals surface area contributed by atoms with Crippen molar-refractivity contribution >= 4 is 34.2 Å². The van der Waals surface area contributed by atoms with Gasteiger partial charge >= 0.3 is 0 Å². The van der Waals surface area contributed by atoms with Gasteiger partial charge in [-0.05, 0) is 48.7 Å². The number of nitrogens with one attached hydrogen (secondary N) is 2. The van der Waals surface area contributed by atoms with E-state index in [4.69, 9.17) is 16.3 Å². The Hall–Kier alpha value is -2.74. The largest absolute Gasteiger partial charge is 0.370 e. The van der Waals surface area contributed by atoms with Crippen LogP contribution in [0.15, 0.2) is 48.8 Å². The van der Waals surface area contributed by atoms with E-state index in [2.05, 4.69) is 37.6 Å². The summed E-state index contributed by atoms with van der Waals surface area (Å²) in [5.74, 6) is -0.0984. The van der Waals surface area contributed by atoms with Crippen LogP contribution >= 0.6 is 11.6 Å². The number of fused-ring (bicyclic) bond motifs is 2. The van der Waals surface area contributed by atoms with Gasteiger partial charge in [-0.15, -0.1) is 0 Å². The van der Waals surface area contributed by atoms with Gasteiger partial charge in [-0.1, -0.05) is 17.7 Å². The molecule has 0 saturated carbocycles. The third kappa shape index (κ3) is 3.50. The van der Waals surface area contributed by atoms with Crippen molar-refractivity contribution in [1.82, 2.24) is 20.2 Å². The van der Waals surface area contributed by atoms with Crippen LogP contribution in [0, 0.1) is 0 Å². The van der Waals surface area contributed by atoms with Crippen LogP contribution in [0.25, 0.3) is 11.0 Å². The summed E-state index contributed by atoms with van der Waals surface area (Å²) in [4.78, 5) is 24.0. The van der Waals surface area contributed by atoms with E-state index in [0.717, 1.165) is 55.6 Å². The summed E-state index contributed by atoms with van der Waals surface area (Å²) in [5.41, 5.74) is 3.72. The van der Waals surface area contributed by atoms with Crippen molar-refractivity contribution in [2.24, 2.45) is 0 Å². The molecule has 4 heterocycles. The molecule has 164 valence electrons. The smallest absolute Gasteiger partial charge is 0.255 e. The van der Waals surface area contributed by atoms with Crippen LogP contribution in [0.5, 0.6) is 0 Å². The van der Waals surface area contributed by atoms with E-state index < -0.39 is 5.66 Å². The second-order valence-electron chi connectivity index (χ2n) is 9.16. The molecule has 1 aromatic heterocycles. The van der Waals surface area contributed by atoms with Crippen LogP contribution < -0.4 is 10.6 Å². The number of nitrogens with zero attached hydrogens (tertiary/aromatic N) is 3. The zero-order valence-corrected chi connectivity index (χ0v) is 18.4. The maximum atomic E-state index is 12.7. The number of piperidine rings is 1. The number of benzene rings is 2. The standard InChI is InChI=1S/C24H24ClN5O2/c25-17-2-4-19-18(12-17)22(31)29-24(28-19)14-23(32-15-24)5-9-30(10-6-23)13-16-1-3-20-21(11-16)27-8-7-26-20/h1-4,7-8,11-12,28H,5-6,9-10,13-15H2,(H,29,31)/t24-/m1/s1. The monoisotopic (exact) mass is 449 g/mol. The first-order valence-electron chi connectivity index (χ1n) is 11.0. The lowest BCUT2D eigenvalue weighted by Gasteiger charge is -2.41. The van der Waals surface area contributed by atoms with E-state index in [-0.39, 0.29) is 11.5 Å². The molecule has 2 saturated heterocycles. The number of ether oxygens (including phenoxy) is 1. The number of amides is 1. The van der Waals surface area contributed by atoms with Crippen LogP contribution in [0.4, 0.5) is 5.69 Å². The molecule has 0 unspecified atom stereocenters. The fraction of sp³-hybridized carbons (Fsp3) is 0.375. The van der Waals surface area contributed by atoms with Crippen LogP contribution in [0.2, 0.25) is 5.02 Å². The molecule has 0 bridgehead atoms. The van der Waals surface area contributed by atoms with Crippen LogP contribution in [-0.4, -0.2) is 51.7 Å². The van der Waals surface area contributed by atoms with Crippen molar-refractivity contribution < 1.29 is 9.53 Å². The molecule has 3 aliphatic rings. The number of halogens is 1. The van der Waals surface area contributed by atoms with Gasteiger partial charge in [0.25, 0.3) is 5.91 Å². The minimum absolute atomic E-state index is 0.0984. The Morgan fingerprint density at radius 1 is 1.03 bits per heavy atom. The van der Waals surface area contributed by atoms with Crippen LogP contribution in [0.3, 0.4) is 0 Å². The second kappa shape index (κ2) is 7.40. The fourth-order valence-corrected chi connectivity index (χ4v) is 5.45. The third-order valence-electron chi connectivity index (χ3n) is 6.91. The molecule has 6 rings (SSSR count). The highest BCUT2D eigenvalue weighted by Gasteiger charge is 2.53. The summed E-state index contributed by atoms with van der Waals surface area (Å²) in [5, 5.41) is 7.24. The van der Waals surface area contributed by atoms with Gasteiger partial charge in [0.2, 0.25) is 0 Å². The van der Waals surface area contributed by atoms with Crippen LogP contribution in [-0.2, 0) is 11.3 Å². The van der Waals surface area contributed by atoms with Gasteiger partial charge in [0.15, 0.2) is 0 Å². The van der Waals surface area contributed by atoms with E-state index in [0.29, 0.717) is 17.2 Å². The minimum Gasteiger partial charge on any atom is -0.370 e. The molecule has 3 aromatic rings. The lowest BCUT2D eigenvalue weighted by molar-refractivity contribution is -0.0452. The highest BCUT2D eigenvalue weighted by Crippen LogP contribution is 2.43. The maximum Gasteiger partial charge on any atom is 0.255 e. The fourth-order valence-electron chi connectivity index (χ4n) is 5.28. The van der Waals surface area contributed by atoms with E-state index in [1.54, 1.807) is 18.5 Å². The zero-order chi connectivity index (χ0) is 21.8. The van der Waals surface area contributed by atoms with E-state index in [1.807, 2.05) is 18.2 Å². The Bertz CT molecular complexity index is 1210. The van der Waals surface area contributed by atoms with Crippen molar-refractivity contribution in [3.63, 3.8) is 0 Å². The minimum atomic E-state index is -0.558. The summed E-state index contributed by atoms with van der Waals surface area (Å²) in [6.45, 7) is 3.25. The van der Waals surface area contributed by atoms with Gasteiger partial charge in [0, 0.05) is 49.2 Å². The molecular weight excluding hydrogens is 426 g/mol. The zero-order valence-electron chi connectivity index (χ0n) is 17.6. The number of likely N-dealkylation sites (tertiary alicyclic amines) is 1. The lowest BCUT2D eigenvalue weighted by atomic mass is 9.84. The molecule has 2 N–H and O–H groups in total. The van der Waals surface area contributed by atoms with Crippen molar-refractivity contribution in [3.8, 4) is 0 Å². The number of hydrogen-bond donors (Lipinski definition) is 2. The number of carbonyl (C=O) groups excluding carboxylic acids is 1. The van der Waals surface area contributed by atoms with Gasteiger partial charge in [-0.3, -0.25) is 19.7 Å². The van der Waals surface area contributed by atoms with E-state index in [1.165, 1.54) is 5.56 Å². The van der Waals surface area contributed by atoms with Gasteiger partial charge in [-0.25, -0.2) is 0 Å². The first kappa shape index (κ1) is 19.9. The summed E-state index contributed by atoms with van der Waals surface area (Å²) in [6, 6.07) is 11.7. The van der Waals surface area contributed by atoms with Gasteiger partial charge in [0.1, 0.15) is 5.66 Å². The van der Waals surface area contributed by atoms with E-state index >= 15 is 0 Å². The van der Waals surface area contributed by atoms with Crippen molar-refractivity contribution in [1.29, 1.82) is 0 Å². The van der Waals surface area contributed by atoms with Crippen molar-refractivity contribution in [2.45, 2.75) is 37.1 Å². The molecule has 8 heteroatoms. The SMILES string of the molecule is O=C1N[C@]2(COC3(CCN(Cc4ccc5nccnc5c4)CC3)C2)Nc2ccc(Cl)cc21. The third-order valence-corrected chi connectivity index (χ3v) is 7.14. The molecule has 1 amide bonds. The normalized spacial score (nSPS) is 24.5. The first-order valence-corrected chi connectivity index (χ1v) is 11.4.